The summed E-state index contributed by atoms with van der Waals surface area (Å²) < 4.78 is 0. The standard InChI is InChI=1S/C11H18O4.Nb/c1-10(2,3)7(12)6-8(13)11(4,5)9(14)15;/h6H2,1-5H3,(H,14,15);. The van der Waals surface area contributed by atoms with Gasteiger partial charge in [-0.1, -0.05) is 20.8 Å². The van der Waals surface area contributed by atoms with E-state index in [0.717, 1.165) is 0 Å². The fourth-order valence-electron chi connectivity index (χ4n) is 0.751. The van der Waals surface area contributed by atoms with Crippen LogP contribution in [-0.4, -0.2) is 22.6 Å². The first kappa shape index (κ1) is 17.9. The number of carbonyl (C=O) groups is 3. The van der Waals surface area contributed by atoms with Gasteiger partial charge in [-0.3, -0.25) is 14.4 Å². The molecule has 0 aliphatic carbocycles. The van der Waals surface area contributed by atoms with E-state index in [-0.39, 0.29) is 34.6 Å². The fraction of sp³-hybridized carbons (Fsp3) is 0.727. The number of ketones is 2. The maximum Gasteiger partial charge on any atom is 0.316 e. The molecule has 5 heteroatoms. The van der Waals surface area contributed by atoms with Gasteiger partial charge in [0.1, 0.15) is 11.2 Å². The van der Waals surface area contributed by atoms with Crippen LogP contribution in [0.2, 0.25) is 0 Å². The quantitative estimate of drug-likeness (QED) is 0.633. The Kier molecular flexibility index (Phi) is 6.45. The van der Waals surface area contributed by atoms with Crippen LogP contribution in [-0.2, 0) is 36.8 Å². The van der Waals surface area contributed by atoms with Gasteiger partial charge in [-0.15, -0.1) is 0 Å². The summed E-state index contributed by atoms with van der Waals surface area (Å²) in [5.74, 6) is -1.98. The number of carbonyl (C=O) groups excluding carboxylic acids is 2. The molecular weight excluding hydrogens is 289 g/mol. The molecule has 0 unspecified atom stereocenters. The van der Waals surface area contributed by atoms with Crippen LogP contribution in [0.4, 0.5) is 0 Å². The number of hydrogen-bond donors (Lipinski definition) is 1. The number of aliphatic carboxylic acids is 1. The van der Waals surface area contributed by atoms with Crippen LogP contribution in [0.5, 0.6) is 0 Å². The van der Waals surface area contributed by atoms with Crippen LogP contribution in [0.15, 0.2) is 0 Å². The molecule has 0 heterocycles. The number of rotatable bonds is 4. The Morgan fingerprint density at radius 1 is 0.938 bits per heavy atom. The zero-order valence-electron chi connectivity index (χ0n) is 10.3. The van der Waals surface area contributed by atoms with Gasteiger partial charge < -0.3 is 5.11 Å². The van der Waals surface area contributed by atoms with Crippen molar-refractivity contribution in [3.63, 3.8) is 0 Å². The minimum Gasteiger partial charge on any atom is -0.481 e. The molecule has 0 amide bonds. The molecule has 0 aliphatic rings. The van der Waals surface area contributed by atoms with Gasteiger partial charge in [0.05, 0.1) is 6.42 Å². The molecule has 0 atom stereocenters. The predicted octanol–water partition coefficient (Wildman–Crippen LogP) is 1.67. The first-order valence-corrected chi connectivity index (χ1v) is 4.79. The zero-order valence-corrected chi connectivity index (χ0v) is 12.5. The van der Waals surface area contributed by atoms with E-state index in [9.17, 15) is 14.4 Å². The van der Waals surface area contributed by atoms with E-state index in [1.165, 1.54) is 13.8 Å². The molecule has 16 heavy (non-hydrogen) atoms. The van der Waals surface area contributed by atoms with Crippen molar-refractivity contribution in [1.82, 2.24) is 0 Å². The Balaban J connectivity index is 0. The molecule has 0 aromatic rings. The van der Waals surface area contributed by atoms with Gasteiger partial charge in [-0.25, -0.2) is 0 Å². The van der Waals surface area contributed by atoms with E-state index in [2.05, 4.69) is 0 Å². The Morgan fingerprint density at radius 2 is 1.31 bits per heavy atom. The molecule has 0 saturated carbocycles. The van der Waals surface area contributed by atoms with Crippen molar-refractivity contribution in [2.75, 3.05) is 0 Å². The molecule has 0 aromatic carbocycles. The topological polar surface area (TPSA) is 71.4 Å². The molecule has 0 fully saturated rings. The van der Waals surface area contributed by atoms with Crippen molar-refractivity contribution < 1.29 is 41.9 Å². The van der Waals surface area contributed by atoms with Gasteiger partial charge in [0.25, 0.3) is 0 Å². The Hall–Kier alpha value is -0.450. The van der Waals surface area contributed by atoms with Crippen LogP contribution in [0, 0.1) is 10.8 Å². The molecule has 0 spiro atoms. The van der Waals surface area contributed by atoms with Crippen molar-refractivity contribution in [3.8, 4) is 0 Å². The van der Waals surface area contributed by atoms with Crippen molar-refractivity contribution >= 4 is 17.5 Å². The summed E-state index contributed by atoms with van der Waals surface area (Å²) in [6.07, 6.45) is -0.317. The van der Waals surface area contributed by atoms with Crippen molar-refractivity contribution in [3.05, 3.63) is 0 Å². The second kappa shape index (κ2) is 5.75. The number of Topliss-reactive ketones (excluding diaryl/α,β-unsaturated/α-hetero) is 2. The summed E-state index contributed by atoms with van der Waals surface area (Å²) in [6, 6.07) is 0. The van der Waals surface area contributed by atoms with Crippen LogP contribution < -0.4 is 0 Å². The normalized spacial score (nSPS) is 11.6. The van der Waals surface area contributed by atoms with Gasteiger partial charge in [-0.2, -0.15) is 0 Å². The second-order valence-electron chi connectivity index (χ2n) is 5.20. The number of hydrogen-bond acceptors (Lipinski definition) is 3. The Labute approximate surface area is 111 Å². The first-order chi connectivity index (χ1) is 6.49. The van der Waals surface area contributed by atoms with Crippen LogP contribution in [0.25, 0.3) is 0 Å². The molecule has 91 valence electrons. The minimum atomic E-state index is -1.49. The summed E-state index contributed by atoms with van der Waals surface area (Å²) in [6.45, 7) is 7.74. The first-order valence-electron chi connectivity index (χ1n) is 4.79. The molecule has 4 nitrogen and oxygen atoms in total. The van der Waals surface area contributed by atoms with E-state index in [1.54, 1.807) is 20.8 Å². The van der Waals surface area contributed by atoms with Crippen LogP contribution >= 0.6 is 0 Å². The molecular formula is C11H18NbO4. The number of carboxylic acids is 1. The van der Waals surface area contributed by atoms with Crippen molar-refractivity contribution in [2.45, 2.75) is 41.0 Å². The number of carboxylic acid groups (broad SMARTS) is 1. The van der Waals surface area contributed by atoms with Gasteiger partial charge >= 0.3 is 5.97 Å². The van der Waals surface area contributed by atoms with E-state index < -0.39 is 22.6 Å². The molecule has 0 aliphatic heterocycles. The Bertz CT molecular complexity index is 300. The third-order valence-corrected chi connectivity index (χ3v) is 2.39. The Morgan fingerprint density at radius 3 is 1.56 bits per heavy atom. The SMILES string of the molecule is CC(C)(C)C(=O)CC(=O)C(C)(C)C(=O)O.[Nb]. The molecule has 0 aromatic heterocycles. The third kappa shape index (κ3) is 4.60. The van der Waals surface area contributed by atoms with Gasteiger partial charge in [0, 0.05) is 27.8 Å². The summed E-state index contributed by atoms with van der Waals surface area (Å²) in [5.41, 5.74) is -2.09. The molecule has 0 saturated heterocycles. The molecule has 1 N–H and O–H groups in total. The average molecular weight is 307 g/mol. The summed E-state index contributed by atoms with van der Waals surface area (Å²) >= 11 is 0. The van der Waals surface area contributed by atoms with E-state index in [0.29, 0.717) is 0 Å². The van der Waals surface area contributed by atoms with Gasteiger partial charge in [-0.05, 0) is 13.8 Å². The van der Waals surface area contributed by atoms with E-state index in [4.69, 9.17) is 5.11 Å². The van der Waals surface area contributed by atoms with Crippen molar-refractivity contribution in [2.24, 2.45) is 10.8 Å². The van der Waals surface area contributed by atoms with Crippen LogP contribution in [0.3, 0.4) is 0 Å². The van der Waals surface area contributed by atoms with Gasteiger partial charge in [0.15, 0.2) is 5.78 Å². The maximum absolute atomic E-state index is 11.6. The molecule has 0 bridgehead atoms. The average Bonchev–Trinajstić information content (AvgIpc) is 2.01. The third-order valence-electron chi connectivity index (χ3n) is 2.39. The summed E-state index contributed by atoms with van der Waals surface area (Å²) in [4.78, 5) is 33.9. The molecule has 0 rings (SSSR count). The van der Waals surface area contributed by atoms with E-state index in [1.807, 2.05) is 0 Å². The fourth-order valence-corrected chi connectivity index (χ4v) is 0.751. The predicted molar refractivity (Wildman–Crippen MR) is 55.5 cm³/mol. The summed E-state index contributed by atoms with van der Waals surface area (Å²) in [5, 5.41) is 8.80. The van der Waals surface area contributed by atoms with Crippen LogP contribution in [0.1, 0.15) is 41.0 Å². The molecule has 1 radical (unpaired) electrons. The minimum absolute atomic E-state index is 0. The smallest absolute Gasteiger partial charge is 0.316 e. The monoisotopic (exact) mass is 307 g/mol. The second-order valence-corrected chi connectivity index (χ2v) is 5.20. The van der Waals surface area contributed by atoms with E-state index >= 15 is 0 Å². The van der Waals surface area contributed by atoms with Gasteiger partial charge in [0.2, 0.25) is 0 Å². The largest absolute Gasteiger partial charge is 0.481 e. The van der Waals surface area contributed by atoms with Crippen molar-refractivity contribution in [1.29, 1.82) is 0 Å². The summed E-state index contributed by atoms with van der Waals surface area (Å²) in [7, 11) is 0. The maximum atomic E-state index is 11.6. The zero-order chi connectivity index (χ0) is 12.4.